The number of aromatic nitrogens is 1. The van der Waals surface area contributed by atoms with Crippen molar-refractivity contribution in [2.24, 2.45) is 0 Å². The summed E-state index contributed by atoms with van der Waals surface area (Å²) in [4.78, 5) is 26.8. The molecule has 1 fully saturated rings. The Balaban J connectivity index is 1.85. The molecule has 1 atom stereocenters. The third kappa shape index (κ3) is 3.09. The summed E-state index contributed by atoms with van der Waals surface area (Å²) in [5.41, 5.74) is 0.307. The highest BCUT2D eigenvalue weighted by molar-refractivity contribution is 5.96. The molecule has 1 amide bonds. The van der Waals surface area contributed by atoms with E-state index in [2.05, 4.69) is 0 Å². The summed E-state index contributed by atoms with van der Waals surface area (Å²) < 4.78 is 7.07. The second-order valence-corrected chi connectivity index (χ2v) is 6.91. The van der Waals surface area contributed by atoms with Crippen LogP contribution in [0.3, 0.4) is 0 Å². The van der Waals surface area contributed by atoms with Gasteiger partial charge in [-0.3, -0.25) is 14.3 Å². The van der Waals surface area contributed by atoms with Gasteiger partial charge in [-0.05, 0) is 45.7 Å². The molecule has 0 radical (unpaired) electrons. The number of amides is 1. The van der Waals surface area contributed by atoms with Crippen LogP contribution in [0, 0.1) is 0 Å². The molecule has 0 bridgehead atoms. The van der Waals surface area contributed by atoms with E-state index in [4.69, 9.17) is 4.74 Å². The van der Waals surface area contributed by atoms with E-state index in [1.54, 1.807) is 15.7 Å². The standard InChI is InChI=1S/C18H22N2O3/c1-18(2,3)23-17(22)20-11-6-9-15(20)16(21)19-12-10-13-7-4-5-8-14(13)19/h4-5,7-8,10,12,15H,6,9,11H2,1-3H3/t15-/m0/s1. The Morgan fingerprint density at radius 3 is 2.65 bits per heavy atom. The summed E-state index contributed by atoms with van der Waals surface area (Å²) in [6, 6.07) is 9.20. The Kier molecular flexibility index (Phi) is 3.88. The topological polar surface area (TPSA) is 51.5 Å². The Hall–Kier alpha value is -2.30. The van der Waals surface area contributed by atoms with Gasteiger partial charge in [-0.25, -0.2) is 4.79 Å². The van der Waals surface area contributed by atoms with Crippen molar-refractivity contribution in [2.45, 2.75) is 45.3 Å². The van der Waals surface area contributed by atoms with E-state index in [0.29, 0.717) is 13.0 Å². The number of fused-ring (bicyclic) bond motifs is 1. The van der Waals surface area contributed by atoms with Gasteiger partial charge in [0.1, 0.15) is 11.6 Å². The summed E-state index contributed by atoms with van der Waals surface area (Å²) in [6.45, 7) is 6.05. The van der Waals surface area contributed by atoms with Crippen LogP contribution in [-0.2, 0) is 4.74 Å². The molecule has 1 aromatic heterocycles. The van der Waals surface area contributed by atoms with Crippen molar-refractivity contribution < 1.29 is 14.3 Å². The number of para-hydroxylation sites is 1. The van der Waals surface area contributed by atoms with E-state index in [-0.39, 0.29) is 5.91 Å². The molecule has 2 aromatic rings. The zero-order valence-electron chi connectivity index (χ0n) is 13.8. The van der Waals surface area contributed by atoms with Gasteiger partial charge in [-0.1, -0.05) is 18.2 Å². The maximum Gasteiger partial charge on any atom is 0.410 e. The fourth-order valence-corrected chi connectivity index (χ4v) is 3.00. The summed E-state index contributed by atoms with van der Waals surface area (Å²) in [5.74, 6) is -0.0745. The molecule has 5 nitrogen and oxygen atoms in total. The molecule has 1 aliphatic heterocycles. The van der Waals surface area contributed by atoms with Gasteiger partial charge in [-0.2, -0.15) is 0 Å². The number of rotatable bonds is 1. The van der Waals surface area contributed by atoms with E-state index >= 15 is 0 Å². The van der Waals surface area contributed by atoms with Crippen LogP contribution in [0.25, 0.3) is 10.9 Å². The molecule has 0 aliphatic carbocycles. The SMILES string of the molecule is CC(C)(C)OC(=O)N1CCC[C@H]1C(=O)n1ccc2ccccc21. The summed E-state index contributed by atoms with van der Waals surface area (Å²) in [7, 11) is 0. The van der Waals surface area contributed by atoms with Crippen LogP contribution in [0.2, 0.25) is 0 Å². The number of nitrogens with zero attached hydrogens (tertiary/aromatic N) is 2. The van der Waals surface area contributed by atoms with Gasteiger partial charge in [0.2, 0.25) is 0 Å². The van der Waals surface area contributed by atoms with Crippen LogP contribution in [0.4, 0.5) is 4.79 Å². The van der Waals surface area contributed by atoms with Gasteiger partial charge < -0.3 is 4.74 Å². The quantitative estimate of drug-likeness (QED) is 0.807. The van der Waals surface area contributed by atoms with Crippen molar-refractivity contribution in [2.75, 3.05) is 6.54 Å². The zero-order valence-corrected chi connectivity index (χ0v) is 13.8. The summed E-state index contributed by atoms with van der Waals surface area (Å²) in [6.07, 6.45) is 2.85. The number of benzene rings is 1. The summed E-state index contributed by atoms with van der Waals surface area (Å²) in [5, 5.41) is 1.02. The maximum absolute atomic E-state index is 12.9. The normalized spacial score (nSPS) is 18.4. The van der Waals surface area contributed by atoms with E-state index < -0.39 is 17.7 Å². The molecule has 1 saturated heterocycles. The molecule has 0 unspecified atom stereocenters. The van der Waals surface area contributed by atoms with Crippen LogP contribution in [-0.4, -0.2) is 39.7 Å². The Bertz CT molecular complexity index is 742. The molecule has 23 heavy (non-hydrogen) atoms. The first kappa shape index (κ1) is 15.6. The lowest BCUT2D eigenvalue weighted by Crippen LogP contribution is -2.44. The van der Waals surface area contributed by atoms with Gasteiger partial charge in [0, 0.05) is 18.1 Å². The fraction of sp³-hybridized carbons (Fsp3) is 0.444. The van der Waals surface area contributed by atoms with Gasteiger partial charge >= 0.3 is 6.09 Å². The first-order valence-corrected chi connectivity index (χ1v) is 7.97. The van der Waals surface area contributed by atoms with E-state index in [1.165, 1.54) is 0 Å². The Morgan fingerprint density at radius 1 is 1.17 bits per heavy atom. The minimum Gasteiger partial charge on any atom is -0.444 e. The van der Waals surface area contributed by atoms with Crippen LogP contribution >= 0.6 is 0 Å². The largest absolute Gasteiger partial charge is 0.444 e. The highest BCUT2D eigenvalue weighted by atomic mass is 16.6. The van der Waals surface area contributed by atoms with Crippen molar-refractivity contribution in [3.8, 4) is 0 Å². The third-order valence-corrected chi connectivity index (χ3v) is 4.00. The van der Waals surface area contributed by atoms with Crippen LogP contribution in [0.1, 0.15) is 38.4 Å². The fourth-order valence-electron chi connectivity index (χ4n) is 3.00. The zero-order chi connectivity index (χ0) is 16.6. The lowest BCUT2D eigenvalue weighted by atomic mass is 10.2. The van der Waals surface area contributed by atoms with Gasteiger partial charge in [0.25, 0.3) is 5.91 Å². The molecular formula is C18H22N2O3. The predicted molar refractivity (Wildman–Crippen MR) is 88.5 cm³/mol. The van der Waals surface area contributed by atoms with Gasteiger partial charge in [0.05, 0.1) is 5.52 Å². The van der Waals surface area contributed by atoms with E-state index in [0.717, 1.165) is 17.3 Å². The van der Waals surface area contributed by atoms with Crippen molar-refractivity contribution in [1.82, 2.24) is 9.47 Å². The molecule has 5 heteroatoms. The number of carbonyl (C=O) groups is 2. The molecule has 1 aromatic carbocycles. The van der Waals surface area contributed by atoms with Crippen LogP contribution < -0.4 is 0 Å². The monoisotopic (exact) mass is 314 g/mol. The van der Waals surface area contributed by atoms with Crippen molar-refractivity contribution in [1.29, 1.82) is 0 Å². The van der Waals surface area contributed by atoms with Crippen LogP contribution in [0.15, 0.2) is 36.5 Å². The van der Waals surface area contributed by atoms with Crippen molar-refractivity contribution in [3.05, 3.63) is 36.5 Å². The van der Waals surface area contributed by atoms with Crippen molar-refractivity contribution >= 4 is 22.9 Å². The Morgan fingerprint density at radius 2 is 1.91 bits per heavy atom. The predicted octanol–water partition coefficient (Wildman–Crippen LogP) is 3.68. The average molecular weight is 314 g/mol. The van der Waals surface area contributed by atoms with E-state index in [9.17, 15) is 9.59 Å². The van der Waals surface area contributed by atoms with Gasteiger partial charge in [0.15, 0.2) is 0 Å². The average Bonchev–Trinajstić information content (AvgIpc) is 3.12. The molecule has 3 rings (SSSR count). The number of ether oxygens (including phenoxy) is 1. The number of hydrogen-bond donors (Lipinski definition) is 0. The third-order valence-electron chi connectivity index (χ3n) is 4.00. The van der Waals surface area contributed by atoms with Crippen molar-refractivity contribution in [3.63, 3.8) is 0 Å². The van der Waals surface area contributed by atoms with E-state index in [1.807, 2.05) is 51.1 Å². The second-order valence-electron chi connectivity index (χ2n) is 6.91. The molecule has 0 N–H and O–H groups in total. The number of hydrogen-bond acceptors (Lipinski definition) is 3. The highest BCUT2D eigenvalue weighted by Gasteiger charge is 2.37. The molecule has 2 heterocycles. The molecule has 0 spiro atoms. The lowest BCUT2D eigenvalue weighted by molar-refractivity contribution is 0.0211. The molecular weight excluding hydrogens is 292 g/mol. The first-order valence-electron chi connectivity index (χ1n) is 7.97. The minimum absolute atomic E-state index is 0.0745. The molecule has 0 saturated carbocycles. The first-order chi connectivity index (χ1) is 10.9. The second kappa shape index (κ2) is 5.72. The molecule has 122 valence electrons. The lowest BCUT2D eigenvalue weighted by Gasteiger charge is -2.28. The smallest absolute Gasteiger partial charge is 0.410 e. The van der Waals surface area contributed by atoms with Crippen LogP contribution in [0.5, 0.6) is 0 Å². The van der Waals surface area contributed by atoms with Gasteiger partial charge in [-0.15, -0.1) is 0 Å². The Labute approximate surface area is 135 Å². The maximum atomic E-state index is 12.9. The minimum atomic E-state index is -0.562. The molecule has 1 aliphatic rings. The number of likely N-dealkylation sites (tertiary alicyclic amines) is 1. The number of carbonyl (C=O) groups excluding carboxylic acids is 2. The summed E-state index contributed by atoms with van der Waals surface area (Å²) >= 11 is 0. The highest BCUT2D eigenvalue weighted by Crippen LogP contribution is 2.24.